The molecule has 3 aromatic carbocycles. The van der Waals surface area contributed by atoms with Crippen molar-refractivity contribution in [3.63, 3.8) is 0 Å². The van der Waals surface area contributed by atoms with Crippen LogP contribution in [-0.2, 0) is 38.4 Å². The van der Waals surface area contributed by atoms with Crippen LogP contribution in [0.3, 0.4) is 0 Å². The molecule has 1 radical (unpaired) electrons. The number of hydrogen-bond donors (Lipinski definition) is 0. The Hall–Kier alpha value is -2.48. The van der Waals surface area contributed by atoms with Crippen molar-refractivity contribution in [3.05, 3.63) is 91.0 Å². The fourth-order valence-corrected chi connectivity index (χ4v) is 6.99. The standard InChI is InChI=1S/C23H21O4P.Rh/c1-18(25)22(17-24)23(26)27-28(19-11-5-2-6-12-19,20-13-7-3-8-14-20)21-15-9-4-10-16-21;/h2-17,22,28H,1H3;. The Morgan fingerprint density at radius 2 is 1.10 bits per heavy atom. The van der Waals surface area contributed by atoms with Gasteiger partial charge in [-0.1, -0.05) is 0 Å². The third-order valence-electron chi connectivity index (χ3n) is 4.62. The summed E-state index contributed by atoms with van der Waals surface area (Å²) in [6.07, 6.45) is 0.352. The van der Waals surface area contributed by atoms with Crippen LogP contribution in [0.1, 0.15) is 6.92 Å². The zero-order valence-electron chi connectivity index (χ0n) is 15.8. The molecular weight excluding hydrogens is 474 g/mol. The number of ketones is 1. The van der Waals surface area contributed by atoms with Gasteiger partial charge >= 0.3 is 164 Å². The van der Waals surface area contributed by atoms with Gasteiger partial charge in [-0.15, -0.1) is 0 Å². The van der Waals surface area contributed by atoms with Crippen molar-refractivity contribution in [1.29, 1.82) is 0 Å². The topological polar surface area (TPSA) is 60.4 Å². The van der Waals surface area contributed by atoms with E-state index in [2.05, 4.69) is 0 Å². The van der Waals surface area contributed by atoms with Crippen LogP contribution in [-0.4, -0.2) is 18.0 Å². The molecule has 0 aliphatic rings. The van der Waals surface area contributed by atoms with Gasteiger partial charge < -0.3 is 0 Å². The molecule has 0 saturated carbocycles. The maximum Gasteiger partial charge on any atom is 0 e. The van der Waals surface area contributed by atoms with E-state index in [9.17, 15) is 14.4 Å². The van der Waals surface area contributed by atoms with E-state index in [1.807, 2.05) is 91.0 Å². The summed E-state index contributed by atoms with van der Waals surface area (Å²) in [5.74, 6) is -2.77. The van der Waals surface area contributed by atoms with E-state index in [1.165, 1.54) is 6.92 Å². The molecule has 151 valence electrons. The normalized spacial score (nSPS) is 12.2. The summed E-state index contributed by atoms with van der Waals surface area (Å²) in [6, 6.07) is 28.5. The second-order valence-electron chi connectivity index (χ2n) is 6.42. The van der Waals surface area contributed by atoms with Crippen molar-refractivity contribution >= 4 is 41.4 Å². The molecule has 0 saturated heterocycles. The average molecular weight is 495 g/mol. The van der Waals surface area contributed by atoms with Crippen LogP contribution >= 0.6 is 7.49 Å². The predicted molar refractivity (Wildman–Crippen MR) is 113 cm³/mol. The first kappa shape index (κ1) is 22.8. The monoisotopic (exact) mass is 495 g/mol. The molecule has 1 atom stereocenters. The second kappa shape index (κ2) is 10.3. The van der Waals surface area contributed by atoms with Crippen molar-refractivity contribution in [2.45, 2.75) is 6.92 Å². The molecule has 0 aliphatic heterocycles. The fourth-order valence-electron chi connectivity index (χ4n) is 3.23. The van der Waals surface area contributed by atoms with Crippen molar-refractivity contribution in [3.8, 4) is 0 Å². The minimum atomic E-state index is -3.27. The van der Waals surface area contributed by atoms with Crippen molar-refractivity contribution < 1.29 is 38.4 Å². The van der Waals surface area contributed by atoms with Gasteiger partial charge in [-0.05, 0) is 0 Å². The Morgan fingerprint density at radius 3 is 1.38 bits per heavy atom. The third-order valence-corrected chi connectivity index (χ3v) is 8.57. The zero-order valence-corrected chi connectivity index (χ0v) is 18.4. The molecule has 29 heavy (non-hydrogen) atoms. The Bertz CT molecular complexity index is 865. The SMILES string of the molecule is CC(=O)C(C=O)C(=O)O[PH](c1ccccc1)(c1ccccc1)c1ccccc1.[Rh]. The molecule has 3 rings (SSSR count). The van der Waals surface area contributed by atoms with Crippen LogP contribution in [0.5, 0.6) is 0 Å². The quantitative estimate of drug-likeness (QED) is 0.219. The van der Waals surface area contributed by atoms with Crippen molar-refractivity contribution in [2.75, 3.05) is 0 Å². The summed E-state index contributed by atoms with van der Waals surface area (Å²) in [5, 5.41) is 2.57. The molecule has 0 spiro atoms. The molecule has 0 aromatic heterocycles. The fraction of sp³-hybridized carbons (Fsp3) is 0.0870. The Labute approximate surface area is 183 Å². The minimum Gasteiger partial charge on any atom is 0 e. The largest absolute Gasteiger partial charge is 0 e. The van der Waals surface area contributed by atoms with E-state index in [4.69, 9.17) is 4.52 Å². The summed E-state index contributed by atoms with van der Waals surface area (Å²) in [5.41, 5.74) is 0. The summed E-state index contributed by atoms with van der Waals surface area (Å²) in [7, 11) is -3.27. The van der Waals surface area contributed by atoms with E-state index in [1.54, 1.807) is 0 Å². The molecule has 0 bridgehead atoms. The van der Waals surface area contributed by atoms with Crippen LogP contribution < -0.4 is 15.9 Å². The predicted octanol–water partition coefficient (Wildman–Crippen LogP) is 2.57. The Kier molecular flexibility index (Phi) is 8.13. The molecule has 0 N–H and O–H groups in total. The summed E-state index contributed by atoms with van der Waals surface area (Å²) < 4.78 is 6.16. The number of benzene rings is 3. The molecule has 6 heteroatoms. The van der Waals surface area contributed by atoms with Gasteiger partial charge in [0.2, 0.25) is 0 Å². The van der Waals surface area contributed by atoms with Gasteiger partial charge in [0.05, 0.1) is 0 Å². The maximum absolute atomic E-state index is 12.9. The minimum absolute atomic E-state index is 0. The van der Waals surface area contributed by atoms with Gasteiger partial charge in [0.1, 0.15) is 0 Å². The molecule has 0 amide bonds. The summed E-state index contributed by atoms with van der Waals surface area (Å²) in [6.45, 7) is 1.22. The first-order valence-electron chi connectivity index (χ1n) is 8.94. The van der Waals surface area contributed by atoms with Crippen molar-refractivity contribution in [2.24, 2.45) is 5.92 Å². The molecule has 1 unspecified atom stereocenters. The van der Waals surface area contributed by atoms with Crippen LogP contribution in [0.15, 0.2) is 91.0 Å². The third kappa shape index (κ3) is 4.75. The van der Waals surface area contributed by atoms with Gasteiger partial charge in [0, 0.05) is 19.5 Å². The van der Waals surface area contributed by atoms with Crippen molar-refractivity contribution in [1.82, 2.24) is 0 Å². The Morgan fingerprint density at radius 1 is 0.759 bits per heavy atom. The van der Waals surface area contributed by atoms with E-state index in [-0.39, 0.29) is 19.5 Å². The van der Waals surface area contributed by atoms with Gasteiger partial charge in [0.15, 0.2) is 0 Å². The summed E-state index contributed by atoms with van der Waals surface area (Å²) >= 11 is 0. The molecule has 0 fully saturated rings. The van der Waals surface area contributed by atoms with E-state index >= 15 is 0 Å². The molecule has 4 nitrogen and oxygen atoms in total. The van der Waals surface area contributed by atoms with E-state index < -0.39 is 25.2 Å². The second-order valence-corrected chi connectivity index (χ2v) is 9.72. The first-order chi connectivity index (χ1) is 13.6. The Balaban J connectivity index is 0.00000300. The number of Topliss-reactive ketones (excluding diaryl/α,β-unsaturated/α-hetero) is 1. The number of aldehydes is 1. The van der Waals surface area contributed by atoms with Gasteiger partial charge in [-0.25, -0.2) is 0 Å². The van der Waals surface area contributed by atoms with Crippen LogP contribution in [0, 0.1) is 5.92 Å². The van der Waals surface area contributed by atoms with Gasteiger partial charge in [0.25, 0.3) is 0 Å². The number of carbonyl (C=O) groups is 3. The smallest absolute Gasteiger partial charge is 0 e. The number of rotatable bonds is 7. The van der Waals surface area contributed by atoms with Crippen LogP contribution in [0.25, 0.3) is 0 Å². The maximum atomic E-state index is 12.9. The van der Waals surface area contributed by atoms with E-state index in [0.717, 1.165) is 15.9 Å². The van der Waals surface area contributed by atoms with Gasteiger partial charge in [-0.3, -0.25) is 0 Å². The van der Waals surface area contributed by atoms with Crippen LogP contribution in [0.4, 0.5) is 0 Å². The first-order valence-corrected chi connectivity index (χ1v) is 10.9. The molecule has 0 aliphatic carbocycles. The average Bonchev–Trinajstić information content (AvgIpc) is 2.74. The number of carbonyl (C=O) groups excluding carboxylic acids is 3. The molecular formula is C23H21O4PRh. The van der Waals surface area contributed by atoms with Crippen LogP contribution in [0.2, 0.25) is 0 Å². The van der Waals surface area contributed by atoms with E-state index in [0.29, 0.717) is 6.29 Å². The zero-order chi connectivity index (χ0) is 20.0. The van der Waals surface area contributed by atoms with Gasteiger partial charge in [-0.2, -0.15) is 0 Å². The molecule has 3 aromatic rings. The number of hydrogen-bond acceptors (Lipinski definition) is 4. The molecule has 0 heterocycles. The summed E-state index contributed by atoms with van der Waals surface area (Å²) in [4.78, 5) is 36.1.